The predicted octanol–water partition coefficient (Wildman–Crippen LogP) is 1.57. The van der Waals surface area contributed by atoms with E-state index < -0.39 is 27.9 Å². The number of hydrogen-bond acceptors (Lipinski definition) is 3. The zero-order valence-corrected chi connectivity index (χ0v) is 11.2. The second-order valence-electron chi connectivity index (χ2n) is 3.61. The number of benzene rings is 1. The quantitative estimate of drug-likeness (QED) is 0.915. The van der Waals surface area contributed by atoms with Crippen molar-refractivity contribution in [2.45, 2.75) is 17.9 Å². The fraction of sp³-hybridized carbons (Fsp3) is 0.300. The third-order valence-corrected chi connectivity index (χ3v) is 4.68. The highest BCUT2D eigenvalue weighted by molar-refractivity contribution is 7.89. The van der Waals surface area contributed by atoms with Gasteiger partial charge in [-0.25, -0.2) is 12.8 Å². The molecule has 0 radical (unpaired) electrons. The monoisotopic (exact) mass is 295 g/mol. The highest BCUT2D eigenvalue weighted by Gasteiger charge is 2.29. The van der Waals surface area contributed by atoms with Crippen molar-refractivity contribution in [2.75, 3.05) is 7.05 Å². The maximum Gasteiger partial charge on any atom is 0.321 e. The molecule has 0 fully saturated rings. The molecule has 0 aliphatic heterocycles. The SMILES string of the molecule is CC(C(=O)O)N(C)S(=O)(=O)c1ccc(F)c(Cl)c1. The summed E-state index contributed by atoms with van der Waals surface area (Å²) in [5.74, 6) is -2.03. The molecule has 1 aromatic rings. The number of rotatable bonds is 4. The van der Waals surface area contributed by atoms with Gasteiger partial charge in [0.05, 0.1) is 9.92 Å². The first-order valence-corrected chi connectivity index (χ1v) is 6.65. The molecule has 1 atom stereocenters. The van der Waals surface area contributed by atoms with Crippen LogP contribution in [-0.2, 0) is 14.8 Å². The van der Waals surface area contributed by atoms with Gasteiger partial charge in [0.25, 0.3) is 0 Å². The molecule has 5 nitrogen and oxygen atoms in total. The molecular weight excluding hydrogens is 285 g/mol. The predicted molar refractivity (Wildman–Crippen MR) is 63.5 cm³/mol. The second kappa shape index (κ2) is 5.21. The Hall–Kier alpha value is -1.18. The molecule has 1 unspecified atom stereocenters. The fourth-order valence-electron chi connectivity index (χ4n) is 1.17. The minimum Gasteiger partial charge on any atom is -0.480 e. The van der Waals surface area contributed by atoms with E-state index in [1.54, 1.807) is 0 Å². The lowest BCUT2D eigenvalue weighted by Gasteiger charge is -2.21. The minimum atomic E-state index is -4.02. The fourth-order valence-corrected chi connectivity index (χ4v) is 2.76. The van der Waals surface area contributed by atoms with Crippen LogP contribution in [0.1, 0.15) is 6.92 Å². The van der Waals surface area contributed by atoms with Crippen molar-refractivity contribution in [2.24, 2.45) is 0 Å². The van der Waals surface area contributed by atoms with Crippen LogP contribution in [0.5, 0.6) is 0 Å². The first-order chi connectivity index (χ1) is 8.17. The highest BCUT2D eigenvalue weighted by atomic mass is 35.5. The molecule has 0 amide bonds. The average Bonchev–Trinajstić information content (AvgIpc) is 2.30. The lowest BCUT2D eigenvalue weighted by atomic mass is 10.3. The Morgan fingerprint density at radius 3 is 2.50 bits per heavy atom. The van der Waals surface area contributed by atoms with Crippen LogP contribution in [0.25, 0.3) is 0 Å². The summed E-state index contributed by atoms with van der Waals surface area (Å²) in [4.78, 5) is 10.5. The smallest absolute Gasteiger partial charge is 0.321 e. The number of carbonyl (C=O) groups is 1. The highest BCUT2D eigenvalue weighted by Crippen LogP contribution is 2.22. The number of aliphatic carboxylic acids is 1. The third kappa shape index (κ3) is 2.80. The van der Waals surface area contributed by atoms with Crippen LogP contribution in [-0.4, -0.2) is 36.9 Å². The van der Waals surface area contributed by atoms with E-state index >= 15 is 0 Å². The molecule has 100 valence electrons. The van der Waals surface area contributed by atoms with Gasteiger partial charge in [-0.2, -0.15) is 4.31 Å². The van der Waals surface area contributed by atoms with Gasteiger partial charge in [-0.1, -0.05) is 11.6 Å². The topological polar surface area (TPSA) is 74.7 Å². The Bertz CT molecular complexity index is 575. The normalized spacial score (nSPS) is 13.6. The van der Waals surface area contributed by atoms with Crippen LogP contribution < -0.4 is 0 Å². The van der Waals surface area contributed by atoms with Crippen molar-refractivity contribution < 1.29 is 22.7 Å². The van der Waals surface area contributed by atoms with E-state index in [1.807, 2.05) is 0 Å². The van der Waals surface area contributed by atoms with Crippen LogP contribution in [0.4, 0.5) is 4.39 Å². The summed E-state index contributed by atoms with van der Waals surface area (Å²) in [6.45, 7) is 1.23. The molecule has 1 aromatic carbocycles. The number of hydrogen-bond donors (Lipinski definition) is 1. The molecular formula is C10H11ClFNO4S. The van der Waals surface area contributed by atoms with Crippen molar-refractivity contribution in [3.05, 3.63) is 29.0 Å². The summed E-state index contributed by atoms with van der Waals surface area (Å²) < 4.78 is 37.7. The molecule has 0 aromatic heterocycles. The van der Waals surface area contributed by atoms with Gasteiger partial charge in [0.1, 0.15) is 11.9 Å². The zero-order chi connectivity index (χ0) is 14.1. The molecule has 0 saturated heterocycles. The first kappa shape index (κ1) is 14.9. The molecule has 1 rings (SSSR count). The van der Waals surface area contributed by atoms with Gasteiger partial charge in [-0.3, -0.25) is 4.79 Å². The molecule has 0 bridgehead atoms. The van der Waals surface area contributed by atoms with Gasteiger partial charge in [-0.15, -0.1) is 0 Å². The average molecular weight is 296 g/mol. The second-order valence-corrected chi connectivity index (χ2v) is 6.02. The first-order valence-electron chi connectivity index (χ1n) is 4.84. The Morgan fingerprint density at radius 1 is 1.50 bits per heavy atom. The Labute approximate surface area is 109 Å². The summed E-state index contributed by atoms with van der Waals surface area (Å²) in [5.41, 5.74) is 0. The zero-order valence-electron chi connectivity index (χ0n) is 9.59. The largest absolute Gasteiger partial charge is 0.480 e. The Balaban J connectivity index is 3.21. The molecule has 0 spiro atoms. The molecule has 0 saturated carbocycles. The number of likely N-dealkylation sites (N-methyl/N-ethyl adjacent to an activating group) is 1. The maximum absolute atomic E-state index is 12.9. The maximum atomic E-state index is 12.9. The van der Waals surface area contributed by atoms with E-state index in [1.165, 1.54) is 6.92 Å². The molecule has 8 heteroatoms. The van der Waals surface area contributed by atoms with E-state index in [0.717, 1.165) is 25.2 Å². The number of carboxylic acids is 1. The van der Waals surface area contributed by atoms with Crippen LogP contribution in [0.2, 0.25) is 5.02 Å². The Kier molecular flexibility index (Phi) is 4.31. The van der Waals surface area contributed by atoms with Crippen LogP contribution in [0.15, 0.2) is 23.1 Å². The van der Waals surface area contributed by atoms with Crippen LogP contribution in [0, 0.1) is 5.82 Å². The molecule has 1 N–H and O–H groups in total. The van der Waals surface area contributed by atoms with Gasteiger partial charge >= 0.3 is 5.97 Å². The molecule has 0 aliphatic rings. The van der Waals surface area contributed by atoms with Gasteiger partial charge in [0.2, 0.25) is 10.0 Å². The molecule has 18 heavy (non-hydrogen) atoms. The molecule has 0 heterocycles. The van der Waals surface area contributed by atoms with E-state index in [0.29, 0.717) is 4.31 Å². The lowest BCUT2D eigenvalue weighted by molar-refractivity contribution is -0.140. The van der Waals surface area contributed by atoms with E-state index in [-0.39, 0.29) is 9.92 Å². The van der Waals surface area contributed by atoms with Gasteiger partial charge in [0.15, 0.2) is 0 Å². The summed E-state index contributed by atoms with van der Waals surface area (Å²) in [6, 6.07) is 1.65. The third-order valence-electron chi connectivity index (χ3n) is 2.47. The van der Waals surface area contributed by atoms with E-state index in [2.05, 4.69) is 0 Å². The summed E-state index contributed by atoms with van der Waals surface area (Å²) in [6.07, 6.45) is 0. The van der Waals surface area contributed by atoms with Crippen molar-refractivity contribution >= 4 is 27.6 Å². The van der Waals surface area contributed by atoms with E-state index in [9.17, 15) is 17.6 Å². The molecule has 0 aliphatic carbocycles. The van der Waals surface area contributed by atoms with E-state index in [4.69, 9.17) is 16.7 Å². The number of nitrogens with zero attached hydrogens (tertiary/aromatic N) is 1. The summed E-state index contributed by atoms with van der Waals surface area (Å²) in [5, 5.41) is 8.43. The van der Waals surface area contributed by atoms with Crippen LogP contribution >= 0.6 is 11.6 Å². The van der Waals surface area contributed by atoms with Gasteiger partial charge in [0, 0.05) is 7.05 Å². The number of halogens is 2. The van der Waals surface area contributed by atoms with Crippen molar-refractivity contribution in [3.63, 3.8) is 0 Å². The lowest BCUT2D eigenvalue weighted by Crippen LogP contribution is -2.40. The number of sulfonamides is 1. The van der Waals surface area contributed by atoms with Gasteiger partial charge in [-0.05, 0) is 25.1 Å². The van der Waals surface area contributed by atoms with Gasteiger partial charge < -0.3 is 5.11 Å². The van der Waals surface area contributed by atoms with Crippen molar-refractivity contribution in [1.82, 2.24) is 4.31 Å². The number of carboxylic acid groups (broad SMARTS) is 1. The summed E-state index contributed by atoms with van der Waals surface area (Å²) in [7, 11) is -2.89. The Morgan fingerprint density at radius 2 is 2.06 bits per heavy atom. The minimum absolute atomic E-state index is 0.260. The van der Waals surface area contributed by atoms with Crippen molar-refractivity contribution in [1.29, 1.82) is 0 Å². The standard InChI is InChI=1S/C10H11ClFNO4S/c1-6(10(14)15)13(2)18(16,17)7-3-4-9(12)8(11)5-7/h3-6H,1-2H3,(H,14,15). The summed E-state index contributed by atoms with van der Waals surface area (Å²) >= 11 is 5.49. The van der Waals surface area contributed by atoms with Crippen LogP contribution in [0.3, 0.4) is 0 Å². The van der Waals surface area contributed by atoms with Crippen molar-refractivity contribution in [3.8, 4) is 0 Å².